The van der Waals surface area contributed by atoms with Gasteiger partial charge in [-0.15, -0.1) is 0 Å². The molecule has 0 spiro atoms. The van der Waals surface area contributed by atoms with Crippen molar-refractivity contribution < 1.29 is 4.89 Å². The minimum absolute atomic E-state index is 0.498. The van der Waals surface area contributed by atoms with E-state index in [1.165, 1.54) is 18.4 Å². The quantitative estimate of drug-likeness (QED) is 0.794. The maximum absolute atomic E-state index is 10.5. The lowest BCUT2D eigenvalue weighted by Crippen LogP contribution is -2.28. The maximum atomic E-state index is 10.5. The summed E-state index contributed by atoms with van der Waals surface area (Å²) in [5, 5.41) is 3.08. The van der Waals surface area contributed by atoms with Crippen LogP contribution in [0.2, 0.25) is 0 Å². The summed E-state index contributed by atoms with van der Waals surface area (Å²) in [7, 11) is -0.782. The Balaban J connectivity index is 1.88. The van der Waals surface area contributed by atoms with Crippen molar-refractivity contribution in [3.63, 3.8) is 0 Å². The predicted octanol–water partition coefficient (Wildman–Crippen LogP) is 1.90. The first-order valence-electron chi connectivity index (χ1n) is 5.65. The Morgan fingerprint density at radius 1 is 1.07 bits per heavy atom. The minimum Gasteiger partial charge on any atom is -0.669 e. The van der Waals surface area contributed by atoms with Gasteiger partial charge in [0.1, 0.15) is 0 Å². The molecule has 2 rings (SSSR count). The summed E-state index contributed by atoms with van der Waals surface area (Å²) in [6.07, 6.45) is 4.77. The van der Waals surface area contributed by atoms with Crippen LogP contribution in [0.25, 0.3) is 0 Å². The van der Waals surface area contributed by atoms with Crippen LogP contribution in [-0.4, -0.2) is 6.04 Å². The molecule has 0 bridgehead atoms. The van der Waals surface area contributed by atoms with Gasteiger partial charge in [0.15, 0.2) is 0 Å². The van der Waals surface area contributed by atoms with Crippen molar-refractivity contribution >= 4 is 8.96 Å². The van der Waals surface area contributed by atoms with Gasteiger partial charge in [-0.2, -0.15) is 5.09 Å². The fraction of sp³-hybridized carbons (Fsp3) is 0.500. The smallest absolute Gasteiger partial charge is 0.0407 e. The van der Waals surface area contributed by atoms with Gasteiger partial charge in [-0.25, -0.2) is 0 Å². The molecule has 3 heteroatoms. The number of nitrogens with one attached hydrogen (secondary N) is 1. The van der Waals surface area contributed by atoms with Crippen molar-refractivity contribution in [1.82, 2.24) is 5.09 Å². The van der Waals surface area contributed by atoms with E-state index in [4.69, 9.17) is 0 Å². The van der Waals surface area contributed by atoms with Crippen LogP contribution in [0.15, 0.2) is 30.3 Å². The van der Waals surface area contributed by atoms with Crippen LogP contribution < -0.4 is 9.98 Å². The monoisotopic (exact) mass is 223 g/mol. The van der Waals surface area contributed by atoms with Crippen molar-refractivity contribution in [2.24, 2.45) is 0 Å². The van der Waals surface area contributed by atoms with Crippen LogP contribution in [0, 0.1) is 0 Å². The van der Waals surface area contributed by atoms with Crippen molar-refractivity contribution in [2.75, 3.05) is 0 Å². The molecule has 1 aromatic rings. The second kappa shape index (κ2) is 5.60. The van der Waals surface area contributed by atoms with Crippen molar-refractivity contribution in [2.45, 2.75) is 37.6 Å². The summed E-state index contributed by atoms with van der Waals surface area (Å²) < 4.78 is 0. The topological polar surface area (TPSA) is 35.1 Å². The SMILES string of the molecule is [O-][PH2+]NC1CCC(c2ccccc2)CC1. The molecule has 1 aliphatic carbocycles. The van der Waals surface area contributed by atoms with Crippen LogP contribution in [0.3, 0.4) is 0 Å². The van der Waals surface area contributed by atoms with Gasteiger partial charge < -0.3 is 4.89 Å². The molecule has 2 nitrogen and oxygen atoms in total. The largest absolute Gasteiger partial charge is 0.669 e. The van der Waals surface area contributed by atoms with E-state index in [9.17, 15) is 4.89 Å². The van der Waals surface area contributed by atoms with E-state index in [-0.39, 0.29) is 0 Å². The number of rotatable bonds is 3. The van der Waals surface area contributed by atoms with Gasteiger partial charge in [-0.1, -0.05) is 30.3 Å². The molecule has 0 amide bonds. The second-order valence-corrected chi connectivity index (χ2v) is 4.81. The summed E-state index contributed by atoms with van der Waals surface area (Å²) in [5.74, 6) is 0.714. The third-order valence-electron chi connectivity index (χ3n) is 3.30. The van der Waals surface area contributed by atoms with Crippen LogP contribution in [0.5, 0.6) is 0 Å². The maximum Gasteiger partial charge on any atom is 0.0407 e. The van der Waals surface area contributed by atoms with Crippen molar-refractivity contribution in [3.05, 3.63) is 35.9 Å². The lowest BCUT2D eigenvalue weighted by atomic mass is 9.82. The highest BCUT2D eigenvalue weighted by atomic mass is 31.1. The second-order valence-electron chi connectivity index (χ2n) is 4.24. The zero-order chi connectivity index (χ0) is 10.5. The number of benzene rings is 1. The van der Waals surface area contributed by atoms with Crippen molar-refractivity contribution in [3.8, 4) is 0 Å². The normalized spacial score (nSPS) is 27.3. The number of hydrogen-bond acceptors (Lipinski definition) is 2. The Kier molecular flexibility index (Phi) is 4.13. The Labute approximate surface area is 93.0 Å². The highest BCUT2D eigenvalue weighted by Gasteiger charge is 2.22. The zero-order valence-corrected chi connectivity index (χ0v) is 10.0. The van der Waals surface area contributed by atoms with E-state index in [2.05, 4.69) is 35.4 Å². The fourth-order valence-electron chi connectivity index (χ4n) is 2.41. The van der Waals surface area contributed by atoms with E-state index < -0.39 is 8.96 Å². The molecule has 15 heavy (non-hydrogen) atoms. The Morgan fingerprint density at radius 2 is 1.73 bits per heavy atom. The summed E-state index contributed by atoms with van der Waals surface area (Å²) in [6.45, 7) is 0. The van der Waals surface area contributed by atoms with Gasteiger partial charge in [0.05, 0.1) is 0 Å². The lowest BCUT2D eigenvalue weighted by molar-refractivity contribution is -0.153. The summed E-state index contributed by atoms with van der Waals surface area (Å²) in [4.78, 5) is 10.5. The molecule has 1 N–H and O–H groups in total. The van der Waals surface area contributed by atoms with E-state index >= 15 is 0 Å². The molecule has 1 unspecified atom stereocenters. The first kappa shape index (κ1) is 11.1. The minimum atomic E-state index is -0.782. The van der Waals surface area contributed by atoms with Gasteiger partial charge in [-0.05, 0) is 37.2 Å². The summed E-state index contributed by atoms with van der Waals surface area (Å²) >= 11 is 0. The van der Waals surface area contributed by atoms with Crippen LogP contribution in [-0.2, 0) is 0 Å². The zero-order valence-electron chi connectivity index (χ0n) is 8.86. The molecule has 82 valence electrons. The third-order valence-corrected chi connectivity index (χ3v) is 3.91. The molecule has 0 aromatic heterocycles. The molecule has 0 aliphatic heterocycles. The van der Waals surface area contributed by atoms with Crippen LogP contribution in [0.1, 0.15) is 37.2 Å². The fourth-order valence-corrected chi connectivity index (χ4v) is 2.94. The molecular weight excluding hydrogens is 205 g/mol. The highest BCUT2D eigenvalue weighted by molar-refractivity contribution is 7.26. The molecule has 1 aromatic carbocycles. The lowest BCUT2D eigenvalue weighted by Gasteiger charge is -2.28. The van der Waals surface area contributed by atoms with Crippen LogP contribution in [0.4, 0.5) is 0 Å². The standard InChI is InChI=1S/C12H18NOP/c14-15-13-12-8-6-11(7-9-12)10-4-2-1-3-5-10/h1-5,11-13H,6-9,15H2. The summed E-state index contributed by atoms with van der Waals surface area (Å²) in [5.41, 5.74) is 1.46. The van der Waals surface area contributed by atoms with Gasteiger partial charge in [0.2, 0.25) is 0 Å². The summed E-state index contributed by atoms with van der Waals surface area (Å²) in [6, 6.07) is 11.2. The van der Waals surface area contributed by atoms with Crippen molar-refractivity contribution in [1.29, 1.82) is 0 Å². The average Bonchev–Trinajstić information content (AvgIpc) is 2.32. The van der Waals surface area contributed by atoms with E-state index in [0.29, 0.717) is 12.0 Å². The molecule has 1 aliphatic rings. The molecule has 1 atom stereocenters. The van der Waals surface area contributed by atoms with Gasteiger partial charge in [0, 0.05) is 15.0 Å². The Hall–Kier alpha value is -0.430. The predicted molar refractivity (Wildman–Crippen MR) is 64.3 cm³/mol. The van der Waals surface area contributed by atoms with Crippen LogP contribution >= 0.6 is 8.96 Å². The van der Waals surface area contributed by atoms with E-state index in [0.717, 1.165) is 12.8 Å². The number of hydrogen-bond donors (Lipinski definition) is 1. The van der Waals surface area contributed by atoms with Gasteiger partial charge in [0.25, 0.3) is 0 Å². The Morgan fingerprint density at radius 3 is 2.33 bits per heavy atom. The van der Waals surface area contributed by atoms with E-state index in [1.54, 1.807) is 0 Å². The highest BCUT2D eigenvalue weighted by Crippen LogP contribution is 2.33. The van der Waals surface area contributed by atoms with Gasteiger partial charge >= 0.3 is 0 Å². The molecule has 0 radical (unpaired) electrons. The molecular formula is C12H18NOP. The van der Waals surface area contributed by atoms with Gasteiger partial charge in [-0.3, -0.25) is 0 Å². The first-order chi connectivity index (χ1) is 7.40. The van der Waals surface area contributed by atoms with E-state index in [1.807, 2.05) is 0 Å². The molecule has 1 fully saturated rings. The molecule has 0 saturated heterocycles. The Bertz CT molecular complexity index is 283. The molecule has 0 heterocycles. The molecule has 1 saturated carbocycles. The first-order valence-corrected chi connectivity index (χ1v) is 6.69. The third kappa shape index (κ3) is 3.01. The average molecular weight is 223 g/mol.